The second-order valence-electron chi connectivity index (χ2n) is 13.6. The Kier molecular flexibility index (Phi) is 7.25. The normalized spacial score (nSPS) is 11.5. The van der Waals surface area contributed by atoms with Gasteiger partial charge in [-0.1, -0.05) is 176 Å². The Labute approximate surface area is 303 Å². The van der Waals surface area contributed by atoms with Crippen molar-refractivity contribution in [2.45, 2.75) is 0 Å². The van der Waals surface area contributed by atoms with Gasteiger partial charge in [-0.05, 0) is 129 Å². The maximum atomic E-state index is 2.45. The SMILES string of the molecule is c1ccc(-c2cc(-c3ccccc3)cc(-c3c4ccccc4c(-c4ccccc4)c4cc(-c5cc6ccccc6c6ccccc56)ccc34)c2)cc1. The summed E-state index contributed by atoms with van der Waals surface area (Å²) in [6.45, 7) is 0. The maximum absolute atomic E-state index is 2.45. The Balaban J connectivity index is 1.32. The number of rotatable bonds is 5. The second kappa shape index (κ2) is 12.5. The van der Waals surface area contributed by atoms with Crippen LogP contribution >= 0.6 is 0 Å². The van der Waals surface area contributed by atoms with E-state index in [1.165, 1.54) is 98.7 Å². The molecule has 0 aliphatic rings. The lowest BCUT2D eigenvalue weighted by Crippen LogP contribution is -1.93. The van der Waals surface area contributed by atoms with Gasteiger partial charge in [0.1, 0.15) is 0 Å². The molecule has 0 atom stereocenters. The summed E-state index contributed by atoms with van der Waals surface area (Å²) in [5, 5.41) is 10.1. The molecule has 0 N–H and O–H groups in total. The van der Waals surface area contributed by atoms with Gasteiger partial charge in [0.15, 0.2) is 0 Å². The Bertz CT molecular complexity index is 2860. The van der Waals surface area contributed by atoms with Crippen molar-refractivity contribution in [3.63, 3.8) is 0 Å². The number of hydrogen-bond acceptors (Lipinski definition) is 0. The number of fused-ring (bicyclic) bond motifs is 5. The Morgan fingerprint density at radius 2 is 0.635 bits per heavy atom. The maximum Gasteiger partial charge on any atom is -0.00259 e. The molecule has 0 heteroatoms. The fourth-order valence-corrected chi connectivity index (χ4v) is 8.23. The molecule has 10 rings (SSSR count). The monoisotopic (exact) mass is 658 g/mol. The lowest BCUT2D eigenvalue weighted by atomic mass is 9.83. The van der Waals surface area contributed by atoms with E-state index < -0.39 is 0 Å². The van der Waals surface area contributed by atoms with Crippen molar-refractivity contribution in [3.05, 3.63) is 206 Å². The average Bonchev–Trinajstić information content (AvgIpc) is 3.23. The van der Waals surface area contributed by atoms with Gasteiger partial charge in [-0.25, -0.2) is 0 Å². The standard InChI is InChI=1S/C52H34/c1-4-16-35(17-5-1)40-30-41(36-18-6-2-7-19-36)32-42(31-40)52-47-27-15-14-26-46(47)51(37-20-8-3-9-21-37)50-34-39(28-29-48(50)52)49-33-38-22-10-11-23-43(38)44-24-12-13-25-45(44)49/h1-34H. The third kappa shape index (κ3) is 5.08. The van der Waals surface area contributed by atoms with Crippen LogP contribution in [0.25, 0.3) is 98.7 Å². The van der Waals surface area contributed by atoms with Crippen LogP contribution < -0.4 is 0 Å². The van der Waals surface area contributed by atoms with E-state index in [4.69, 9.17) is 0 Å². The van der Waals surface area contributed by atoms with Gasteiger partial charge >= 0.3 is 0 Å². The molecule has 0 aliphatic carbocycles. The van der Waals surface area contributed by atoms with Crippen molar-refractivity contribution in [1.29, 1.82) is 0 Å². The second-order valence-corrected chi connectivity index (χ2v) is 13.6. The molecule has 0 heterocycles. The van der Waals surface area contributed by atoms with Gasteiger partial charge in [-0.3, -0.25) is 0 Å². The van der Waals surface area contributed by atoms with E-state index in [-0.39, 0.29) is 0 Å². The van der Waals surface area contributed by atoms with Gasteiger partial charge in [0.25, 0.3) is 0 Å². The van der Waals surface area contributed by atoms with Crippen molar-refractivity contribution < 1.29 is 0 Å². The molecule has 0 unspecified atom stereocenters. The largest absolute Gasteiger partial charge is 0.0622 e. The van der Waals surface area contributed by atoms with Crippen molar-refractivity contribution in [2.24, 2.45) is 0 Å². The first-order chi connectivity index (χ1) is 25.8. The first kappa shape index (κ1) is 30.1. The van der Waals surface area contributed by atoms with Crippen LogP contribution in [0, 0.1) is 0 Å². The van der Waals surface area contributed by atoms with Gasteiger partial charge in [-0.15, -0.1) is 0 Å². The summed E-state index contributed by atoms with van der Waals surface area (Å²) in [5.41, 5.74) is 12.3. The minimum Gasteiger partial charge on any atom is -0.0622 e. The molecule has 0 fully saturated rings. The van der Waals surface area contributed by atoms with E-state index >= 15 is 0 Å². The number of benzene rings is 10. The predicted octanol–water partition coefficient (Wildman–Crippen LogP) is 14.6. The van der Waals surface area contributed by atoms with E-state index in [9.17, 15) is 0 Å². The summed E-state index contributed by atoms with van der Waals surface area (Å²) < 4.78 is 0. The van der Waals surface area contributed by atoms with Gasteiger partial charge in [0, 0.05) is 0 Å². The first-order valence-electron chi connectivity index (χ1n) is 18.0. The highest BCUT2D eigenvalue weighted by molar-refractivity contribution is 6.23. The fourth-order valence-electron chi connectivity index (χ4n) is 8.23. The van der Waals surface area contributed by atoms with Crippen LogP contribution in [-0.2, 0) is 0 Å². The van der Waals surface area contributed by atoms with E-state index in [1.807, 2.05) is 0 Å². The lowest BCUT2D eigenvalue weighted by molar-refractivity contribution is 1.58. The third-order valence-electron chi connectivity index (χ3n) is 10.6. The highest BCUT2D eigenvalue weighted by Gasteiger charge is 2.19. The van der Waals surface area contributed by atoms with Crippen LogP contribution in [-0.4, -0.2) is 0 Å². The van der Waals surface area contributed by atoms with E-state index in [1.54, 1.807) is 0 Å². The summed E-state index contributed by atoms with van der Waals surface area (Å²) >= 11 is 0. The van der Waals surface area contributed by atoms with E-state index in [2.05, 4.69) is 206 Å². The van der Waals surface area contributed by atoms with Crippen LogP contribution in [0.2, 0.25) is 0 Å². The molecule has 0 bridgehead atoms. The topological polar surface area (TPSA) is 0 Å². The van der Waals surface area contributed by atoms with Gasteiger partial charge in [0.05, 0.1) is 0 Å². The summed E-state index contributed by atoms with van der Waals surface area (Å²) in [4.78, 5) is 0. The number of hydrogen-bond donors (Lipinski definition) is 0. The molecule has 0 spiro atoms. The van der Waals surface area contributed by atoms with Crippen molar-refractivity contribution in [3.8, 4) is 55.6 Å². The van der Waals surface area contributed by atoms with E-state index in [0.29, 0.717) is 0 Å². The summed E-state index contributed by atoms with van der Waals surface area (Å²) in [6.07, 6.45) is 0. The Morgan fingerprint density at radius 1 is 0.192 bits per heavy atom. The van der Waals surface area contributed by atoms with Gasteiger partial charge < -0.3 is 0 Å². The molecule has 52 heavy (non-hydrogen) atoms. The Hall–Kier alpha value is -6.76. The lowest BCUT2D eigenvalue weighted by Gasteiger charge is -2.20. The molecule has 242 valence electrons. The first-order valence-corrected chi connectivity index (χ1v) is 18.0. The minimum atomic E-state index is 1.21. The summed E-state index contributed by atoms with van der Waals surface area (Å²) in [7, 11) is 0. The molecule has 0 saturated heterocycles. The van der Waals surface area contributed by atoms with Crippen LogP contribution in [0.1, 0.15) is 0 Å². The summed E-state index contributed by atoms with van der Waals surface area (Å²) in [5.74, 6) is 0. The molecule has 0 radical (unpaired) electrons. The average molecular weight is 659 g/mol. The minimum absolute atomic E-state index is 1.21. The highest BCUT2D eigenvalue weighted by Crippen LogP contribution is 2.47. The van der Waals surface area contributed by atoms with E-state index in [0.717, 1.165) is 0 Å². The highest BCUT2D eigenvalue weighted by atomic mass is 14.2. The van der Waals surface area contributed by atoms with Crippen LogP contribution in [0.15, 0.2) is 206 Å². The predicted molar refractivity (Wildman–Crippen MR) is 224 cm³/mol. The van der Waals surface area contributed by atoms with Gasteiger partial charge in [0.2, 0.25) is 0 Å². The molecular weight excluding hydrogens is 625 g/mol. The quantitative estimate of drug-likeness (QED) is 0.128. The molecule has 10 aromatic rings. The van der Waals surface area contributed by atoms with Crippen molar-refractivity contribution >= 4 is 43.1 Å². The zero-order chi connectivity index (χ0) is 34.4. The van der Waals surface area contributed by atoms with Crippen LogP contribution in [0.4, 0.5) is 0 Å². The van der Waals surface area contributed by atoms with Crippen molar-refractivity contribution in [2.75, 3.05) is 0 Å². The Morgan fingerprint density at radius 3 is 1.25 bits per heavy atom. The molecule has 0 aliphatic heterocycles. The molecule has 0 aromatic heterocycles. The van der Waals surface area contributed by atoms with Crippen LogP contribution in [0.5, 0.6) is 0 Å². The smallest absolute Gasteiger partial charge is 0.00259 e. The van der Waals surface area contributed by atoms with Crippen molar-refractivity contribution in [1.82, 2.24) is 0 Å². The zero-order valence-electron chi connectivity index (χ0n) is 28.6. The third-order valence-corrected chi connectivity index (χ3v) is 10.6. The molecule has 0 nitrogen and oxygen atoms in total. The molecule has 0 saturated carbocycles. The molecular formula is C52H34. The molecule has 0 amide bonds. The van der Waals surface area contributed by atoms with Crippen LogP contribution in [0.3, 0.4) is 0 Å². The summed E-state index contributed by atoms with van der Waals surface area (Å²) in [6, 6.07) is 75.6. The van der Waals surface area contributed by atoms with Gasteiger partial charge in [-0.2, -0.15) is 0 Å². The molecule has 10 aromatic carbocycles. The fraction of sp³-hybridized carbons (Fsp3) is 0. The zero-order valence-corrected chi connectivity index (χ0v) is 28.6.